The second-order valence-corrected chi connectivity index (χ2v) is 10.2. The van der Waals surface area contributed by atoms with E-state index >= 15 is 0 Å². The standard InChI is InChI=1S/C23H24BrN3O4S/c1-15-5-9-21(10-6-15)32(29,30)27(19-8-7-16(2)17(3)11-19)14-23(28)26-25-13-20-12-22(24)18(4)31-20/h5-13H,14H2,1-4H3,(H,26,28)/b25-13+. The van der Waals surface area contributed by atoms with Crippen molar-refractivity contribution in [2.75, 3.05) is 10.8 Å². The molecule has 0 unspecified atom stereocenters. The molecule has 0 bridgehead atoms. The van der Waals surface area contributed by atoms with Crippen molar-refractivity contribution in [1.82, 2.24) is 5.43 Å². The monoisotopic (exact) mass is 517 g/mol. The van der Waals surface area contributed by atoms with Crippen LogP contribution in [0.5, 0.6) is 0 Å². The molecule has 0 aliphatic rings. The maximum atomic E-state index is 13.4. The number of nitrogens with zero attached hydrogens (tertiary/aromatic N) is 2. The highest BCUT2D eigenvalue weighted by molar-refractivity contribution is 9.10. The molecule has 0 saturated heterocycles. The van der Waals surface area contributed by atoms with E-state index in [1.54, 1.807) is 37.3 Å². The predicted molar refractivity (Wildman–Crippen MR) is 129 cm³/mol. The van der Waals surface area contributed by atoms with Gasteiger partial charge in [-0.15, -0.1) is 0 Å². The summed E-state index contributed by atoms with van der Waals surface area (Å²) in [6.45, 7) is 7.06. The van der Waals surface area contributed by atoms with E-state index in [9.17, 15) is 13.2 Å². The van der Waals surface area contributed by atoms with Gasteiger partial charge in [-0.05, 0) is 79.0 Å². The second-order valence-electron chi connectivity index (χ2n) is 7.44. The third-order valence-corrected chi connectivity index (χ3v) is 7.51. The Hall–Kier alpha value is -2.91. The van der Waals surface area contributed by atoms with Crippen molar-refractivity contribution in [3.63, 3.8) is 0 Å². The third kappa shape index (κ3) is 5.46. The van der Waals surface area contributed by atoms with Crippen LogP contribution in [0.25, 0.3) is 0 Å². The molecule has 1 heterocycles. The summed E-state index contributed by atoms with van der Waals surface area (Å²) in [7, 11) is -3.98. The number of amides is 1. The summed E-state index contributed by atoms with van der Waals surface area (Å²) >= 11 is 3.34. The number of benzene rings is 2. The van der Waals surface area contributed by atoms with Gasteiger partial charge in [0.25, 0.3) is 15.9 Å². The first kappa shape index (κ1) is 23.7. The fourth-order valence-electron chi connectivity index (χ4n) is 2.91. The topological polar surface area (TPSA) is 92.0 Å². The van der Waals surface area contributed by atoms with E-state index in [-0.39, 0.29) is 4.90 Å². The first-order valence-corrected chi connectivity index (χ1v) is 12.1. The van der Waals surface area contributed by atoms with Gasteiger partial charge in [0.15, 0.2) is 0 Å². The average molecular weight is 518 g/mol. The molecular weight excluding hydrogens is 494 g/mol. The smallest absolute Gasteiger partial charge is 0.264 e. The number of aryl methyl sites for hydroxylation is 4. The molecule has 0 saturated carbocycles. The Bertz CT molecular complexity index is 1250. The molecule has 3 rings (SSSR count). The van der Waals surface area contributed by atoms with E-state index in [0.29, 0.717) is 17.2 Å². The summed E-state index contributed by atoms with van der Waals surface area (Å²) < 4.78 is 34.1. The summed E-state index contributed by atoms with van der Waals surface area (Å²) in [5.41, 5.74) is 5.65. The molecule has 1 aromatic heterocycles. The molecule has 9 heteroatoms. The number of carbonyl (C=O) groups excluding carboxylic acids is 1. The molecule has 32 heavy (non-hydrogen) atoms. The van der Waals surface area contributed by atoms with E-state index in [2.05, 4.69) is 26.5 Å². The van der Waals surface area contributed by atoms with Crippen LogP contribution in [0.15, 0.2) is 67.4 Å². The lowest BCUT2D eigenvalue weighted by Crippen LogP contribution is -2.39. The Morgan fingerprint density at radius 1 is 1.06 bits per heavy atom. The molecule has 168 valence electrons. The minimum Gasteiger partial charge on any atom is -0.459 e. The lowest BCUT2D eigenvalue weighted by atomic mass is 10.1. The van der Waals surface area contributed by atoms with Gasteiger partial charge in [0, 0.05) is 6.07 Å². The number of nitrogens with one attached hydrogen (secondary N) is 1. The zero-order valence-corrected chi connectivity index (χ0v) is 20.6. The van der Waals surface area contributed by atoms with E-state index in [1.165, 1.54) is 18.3 Å². The maximum Gasteiger partial charge on any atom is 0.264 e. The number of carbonyl (C=O) groups is 1. The molecule has 0 spiro atoms. The molecule has 0 aliphatic carbocycles. The number of hydrogen-bond donors (Lipinski definition) is 1. The van der Waals surface area contributed by atoms with E-state index in [1.807, 2.05) is 26.8 Å². The van der Waals surface area contributed by atoms with Crippen molar-refractivity contribution in [2.24, 2.45) is 5.10 Å². The Morgan fingerprint density at radius 2 is 1.75 bits per heavy atom. The van der Waals surface area contributed by atoms with Crippen LogP contribution in [0.2, 0.25) is 0 Å². The minimum absolute atomic E-state index is 0.105. The van der Waals surface area contributed by atoms with Gasteiger partial charge in [-0.25, -0.2) is 13.8 Å². The summed E-state index contributed by atoms with van der Waals surface area (Å²) in [4.78, 5) is 12.7. The zero-order valence-electron chi connectivity index (χ0n) is 18.2. The molecule has 3 aromatic rings. The fraction of sp³-hybridized carbons (Fsp3) is 0.217. The maximum absolute atomic E-state index is 13.4. The zero-order chi connectivity index (χ0) is 23.5. The van der Waals surface area contributed by atoms with Gasteiger partial charge in [-0.3, -0.25) is 9.10 Å². The van der Waals surface area contributed by atoms with Crippen LogP contribution in [0.3, 0.4) is 0 Å². The Kier molecular flexibility index (Phi) is 7.20. The molecule has 1 N–H and O–H groups in total. The third-order valence-electron chi connectivity index (χ3n) is 4.93. The number of hydrogen-bond acceptors (Lipinski definition) is 5. The largest absolute Gasteiger partial charge is 0.459 e. The van der Waals surface area contributed by atoms with Crippen molar-refractivity contribution >= 4 is 43.8 Å². The summed E-state index contributed by atoms with van der Waals surface area (Å²) in [5.74, 6) is 0.549. The fourth-order valence-corrected chi connectivity index (χ4v) is 4.63. The number of anilines is 1. The van der Waals surface area contributed by atoms with Crippen molar-refractivity contribution in [3.05, 3.63) is 81.2 Å². The van der Waals surface area contributed by atoms with Gasteiger partial charge in [0.05, 0.1) is 21.3 Å². The van der Waals surface area contributed by atoms with Crippen LogP contribution in [-0.2, 0) is 14.8 Å². The van der Waals surface area contributed by atoms with Crippen LogP contribution in [0, 0.1) is 27.7 Å². The molecule has 0 fully saturated rings. The van der Waals surface area contributed by atoms with Gasteiger partial charge >= 0.3 is 0 Å². The van der Waals surface area contributed by atoms with Crippen LogP contribution < -0.4 is 9.73 Å². The molecule has 7 nitrogen and oxygen atoms in total. The van der Waals surface area contributed by atoms with Crippen molar-refractivity contribution in [1.29, 1.82) is 0 Å². The Morgan fingerprint density at radius 3 is 2.34 bits per heavy atom. The molecule has 0 radical (unpaired) electrons. The highest BCUT2D eigenvalue weighted by Gasteiger charge is 2.27. The highest BCUT2D eigenvalue weighted by atomic mass is 79.9. The van der Waals surface area contributed by atoms with Crippen LogP contribution in [0.1, 0.15) is 28.2 Å². The number of sulfonamides is 1. The van der Waals surface area contributed by atoms with Gasteiger partial charge < -0.3 is 4.42 Å². The van der Waals surface area contributed by atoms with Crippen molar-refractivity contribution < 1.29 is 17.6 Å². The lowest BCUT2D eigenvalue weighted by Gasteiger charge is -2.24. The van der Waals surface area contributed by atoms with Gasteiger partial charge in [0.1, 0.15) is 18.1 Å². The van der Waals surface area contributed by atoms with Crippen molar-refractivity contribution in [3.8, 4) is 0 Å². The van der Waals surface area contributed by atoms with Gasteiger partial charge in [0.2, 0.25) is 0 Å². The van der Waals surface area contributed by atoms with Gasteiger partial charge in [-0.2, -0.15) is 5.10 Å². The Balaban J connectivity index is 1.87. The Labute approximate surface area is 196 Å². The first-order valence-electron chi connectivity index (χ1n) is 9.82. The minimum atomic E-state index is -3.98. The van der Waals surface area contributed by atoms with Crippen LogP contribution >= 0.6 is 15.9 Å². The van der Waals surface area contributed by atoms with Crippen LogP contribution in [0.4, 0.5) is 5.69 Å². The second kappa shape index (κ2) is 9.70. The van der Waals surface area contributed by atoms with Crippen LogP contribution in [-0.4, -0.2) is 27.1 Å². The lowest BCUT2D eigenvalue weighted by molar-refractivity contribution is -0.119. The summed E-state index contributed by atoms with van der Waals surface area (Å²) in [5, 5.41) is 3.88. The normalized spacial score (nSPS) is 11.7. The highest BCUT2D eigenvalue weighted by Crippen LogP contribution is 2.26. The molecule has 1 amide bonds. The molecule has 2 aromatic carbocycles. The van der Waals surface area contributed by atoms with E-state index in [0.717, 1.165) is 25.5 Å². The van der Waals surface area contributed by atoms with E-state index < -0.39 is 22.5 Å². The average Bonchev–Trinajstić information content (AvgIpc) is 3.06. The number of hydrazone groups is 1. The quantitative estimate of drug-likeness (QED) is 0.365. The molecule has 0 aliphatic heterocycles. The summed E-state index contributed by atoms with van der Waals surface area (Å²) in [6.07, 6.45) is 1.35. The number of halogens is 1. The number of furan rings is 1. The molecular formula is C23H24BrN3O4S. The number of rotatable bonds is 7. The van der Waals surface area contributed by atoms with Crippen molar-refractivity contribution in [2.45, 2.75) is 32.6 Å². The summed E-state index contributed by atoms with van der Waals surface area (Å²) in [6, 6.07) is 13.5. The van der Waals surface area contributed by atoms with E-state index in [4.69, 9.17) is 4.42 Å². The van der Waals surface area contributed by atoms with Gasteiger partial charge in [-0.1, -0.05) is 23.8 Å². The molecule has 0 atom stereocenters. The predicted octanol–water partition coefficient (Wildman–Crippen LogP) is 4.62. The SMILES string of the molecule is Cc1ccc(S(=O)(=O)N(CC(=O)N/N=C/c2cc(Br)c(C)o2)c2ccc(C)c(C)c2)cc1. The first-order chi connectivity index (χ1) is 15.1.